The summed E-state index contributed by atoms with van der Waals surface area (Å²) < 4.78 is 0. The Balaban J connectivity index is 1.49. The summed E-state index contributed by atoms with van der Waals surface area (Å²) in [6, 6.07) is 13.9. The maximum atomic E-state index is 12.7. The molecule has 6 heteroatoms. The van der Waals surface area contributed by atoms with Crippen molar-refractivity contribution in [3.63, 3.8) is 0 Å². The Hall–Kier alpha value is -2.89. The van der Waals surface area contributed by atoms with Crippen LogP contribution >= 0.6 is 0 Å². The standard InChI is InChI=1S/C23H30N4O2/c1-18(16-23(2,3)20-9-5-4-6-10-20)25-22(29)27-14-12-26(13-15-27)21(28)19-8-7-11-24-17-19/h4-11,17-18H,12-16H2,1-3H3,(H,25,29). The zero-order valence-corrected chi connectivity index (χ0v) is 17.5. The Bertz CT molecular complexity index is 815. The molecule has 1 saturated heterocycles. The molecular weight excluding hydrogens is 364 g/mol. The van der Waals surface area contributed by atoms with Crippen LogP contribution < -0.4 is 5.32 Å². The molecular formula is C23H30N4O2. The number of carbonyl (C=O) groups excluding carboxylic acids is 2. The number of benzene rings is 1. The minimum atomic E-state index is -0.0603. The normalized spacial score (nSPS) is 15.7. The largest absolute Gasteiger partial charge is 0.336 e. The smallest absolute Gasteiger partial charge is 0.317 e. The van der Waals surface area contributed by atoms with Crippen LogP contribution in [0.3, 0.4) is 0 Å². The van der Waals surface area contributed by atoms with Crippen molar-refractivity contribution in [3.8, 4) is 0 Å². The number of nitrogens with zero attached hydrogens (tertiary/aromatic N) is 3. The van der Waals surface area contributed by atoms with Gasteiger partial charge in [0.15, 0.2) is 0 Å². The predicted octanol–water partition coefficient (Wildman–Crippen LogP) is 3.31. The lowest BCUT2D eigenvalue weighted by Crippen LogP contribution is -2.54. The van der Waals surface area contributed by atoms with Crippen molar-refractivity contribution in [1.82, 2.24) is 20.1 Å². The van der Waals surface area contributed by atoms with E-state index < -0.39 is 0 Å². The molecule has 1 aliphatic rings. The van der Waals surface area contributed by atoms with Crippen LogP contribution in [-0.4, -0.2) is 58.9 Å². The first-order valence-electron chi connectivity index (χ1n) is 10.2. The van der Waals surface area contributed by atoms with Crippen LogP contribution in [-0.2, 0) is 5.41 Å². The molecule has 1 atom stereocenters. The Morgan fingerprint density at radius 1 is 1.03 bits per heavy atom. The number of urea groups is 1. The number of hydrogen-bond acceptors (Lipinski definition) is 3. The molecule has 1 aromatic heterocycles. The summed E-state index contributed by atoms with van der Waals surface area (Å²) in [5.41, 5.74) is 1.83. The van der Waals surface area contributed by atoms with Crippen LogP contribution in [0.2, 0.25) is 0 Å². The van der Waals surface area contributed by atoms with Crippen molar-refractivity contribution >= 4 is 11.9 Å². The Morgan fingerprint density at radius 2 is 1.69 bits per heavy atom. The molecule has 154 valence electrons. The summed E-state index contributed by atoms with van der Waals surface area (Å²) in [5.74, 6) is -0.0314. The van der Waals surface area contributed by atoms with E-state index in [9.17, 15) is 9.59 Å². The van der Waals surface area contributed by atoms with Crippen molar-refractivity contribution in [2.24, 2.45) is 0 Å². The van der Waals surface area contributed by atoms with Gasteiger partial charge in [0.25, 0.3) is 5.91 Å². The Labute approximate surface area is 172 Å². The summed E-state index contributed by atoms with van der Waals surface area (Å²) in [6.45, 7) is 8.59. The minimum Gasteiger partial charge on any atom is -0.336 e. The van der Waals surface area contributed by atoms with Crippen LogP contribution in [0.15, 0.2) is 54.9 Å². The fraction of sp³-hybridized carbons (Fsp3) is 0.435. The van der Waals surface area contributed by atoms with E-state index in [1.54, 1.807) is 34.3 Å². The number of rotatable bonds is 5. The summed E-state index contributed by atoms with van der Waals surface area (Å²) >= 11 is 0. The quantitative estimate of drug-likeness (QED) is 0.846. The van der Waals surface area contributed by atoms with E-state index in [-0.39, 0.29) is 23.4 Å². The maximum absolute atomic E-state index is 12.7. The van der Waals surface area contributed by atoms with E-state index >= 15 is 0 Å². The van der Waals surface area contributed by atoms with Gasteiger partial charge in [-0.3, -0.25) is 9.78 Å². The molecule has 1 N–H and O–H groups in total. The first-order chi connectivity index (χ1) is 13.9. The molecule has 1 fully saturated rings. The summed E-state index contributed by atoms with van der Waals surface area (Å²) in [4.78, 5) is 32.8. The fourth-order valence-corrected chi connectivity index (χ4v) is 3.91. The number of nitrogens with one attached hydrogen (secondary N) is 1. The van der Waals surface area contributed by atoms with Crippen LogP contribution in [0.4, 0.5) is 4.79 Å². The highest BCUT2D eigenvalue weighted by atomic mass is 16.2. The highest BCUT2D eigenvalue weighted by Gasteiger charge is 2.28. The number of carbonyl (C=O) groups is 2. The third-order valence-electron chi connectivity index (χ3n) is 5.50. The average molecular weight is 395 g/mol. The monoisotopic (exact) mass is 394 g/mol. The fourth-order valence-electron chi connectivity index (χ4n) is 3.91. The second-order valence-electron chi connectivity index (χ2n) is 8.33. The van der Waals surface area contributed by atoms with Crippen LogP contribution in [0, 0.1) is 0 Å². The molecule has 0 bridgehead atoms. The van der Waals surface area contributed by atoms with Gasteiger partial charge >= 0.3 is 6.03 Å². The molecule has 1 aromatic carbocycles. The van der Waals surface area contributed by atoms with E-state index in [0.717, 1.165) is 6.42 Å². The number of amides is 3. The van der Waals surface area contributed by atoms with Crippen molar-refractivity contribution in [3.05, 3.63) is 66.0 Å². The summed E-state index contributed by atoms with van der Waals surface area (Å²) in [6.07, 6.45) is 4.08. The summed E-state index contributed by atoms with van der Waals surface area (Å²) in [5, 5.41) is 3.12. The molecule has 1 aliphatic heterocycles. The van der Waals surface area contributed by atoms with Crippen LogP contribution in [0.1, 0.15) is 43.1 Å². The number of hydrogen-bond donors (Lipinski definition) is 1. The van der Waals surface area contributed by atoms with E-state index in [1.165, 1.54) is 5.56 Å². The molecule has 2 aromatic rings. The minimum absolute atomic E-state index is 0.0250. The van der Waals surface area contributed by atoms with E-state index in [4.69, 9.17) is 0 Å². The molecule has 29 heavy (non-hydrogen) atoms. The second kappa shape index (κ2) is 9.07. The van der Waals surface area contributed by atoms with Gasteiger partial charge in [0.05, 0.1) is 5.56 Å². The average Bonchev–Trinajstić information content (AvgIpc) is 2.74. The van der Waals surface area contributed by atoms with Crippen molar-refractivity contribution < 1.29 is 9.59 Å². The van der Waals surface area contributed by atoms with E-state index in [0.29, 0.717) is 31.7 Å². The highest BCUT2D eigenvalue weighted by Crippen LogP contribution is 2.28. The van der Waals surface area contributed by atoms with Crippen LogP contribution in [0.5, 0.6) is 0 Å². The molecule has 0 spiro atoms. The van der Waals surface area contributed by atoms with Gasteiger partial charge in [0, 0.05) is 44.6 Å². The van der Waals surface area contributed by atoms with Crippen molar-refractivity contribution in [2.75, 3.05) is 26.2 Å². The van der Waals surface area contributed by atoms with Gasteiger partial charge in [-0.15, -0.1) is 0 Å². The lowest BCUT2D eigenvalue weighted by atomic mass is 9.79. The molecule has 0 radical (unpaired) electrons. The number of aromatic nitrogens is 1. The van der Waals surface area contributed by atoms with Gasteiger partial charge in [-0.2, -0.15) is 0 Å². The molecule has 6 nitrogen and oxygen atoms in total. The zero-order chi connectivity index (χ0) is 20.9. The summed E-state index contributed by atoms with van der Waals surface area (Å²) in [7, 11) is 0. The molecule has 0 aliphatic carbocycles. The molecule has 2 heterocycles. The van der Waals surface area contributed by atoms with Gasteiger partial charge in [-0.25, -0.2) is 4.79 Å². The first-order valence-corrected chi connectivity index (χ1v) is 10.2. The third kappa shape index (κ3) is 5.34. The lowest BCUT2D eigenvalue weighted by molar-refractivity contribution is 0.0662. The molecule has 3 rings (SSSR count). The Morgan fingerprint density at radius 3 is 2.31 bits per heavy atom. The van der Waals surface area contributed by atoms with Crippen LogP contribution in [0.25, 0.3) is 0 Å². The van der Waals surface area contributed by atoms with Gasteiger partial charge in [0.2, 0.25) is 0 Å². The third-order valence-corrected chi connectivity index (χ3v) is 5.50. The molecule has 3 amide bonds. The molecule has 0 saturated carbocycles. The van der Waals surface area contributed by atoms with Gasteiger partial charge < -0.3 is 15.1 Å². The number of piperazine rings is 1. The zero-order valence-electron chi connectivity index (χ0n) is 17.5. The Kier molecular flexibility index (Phi) is 6.52. The van der Waals surface area contributed by atoms with Crippen molar-refractivity contribution in [1.29, 1.82) is 0 Å². The van der Waals surface area contributed by atoms with Gasteiger partial charge in [-0.1, -0.05) is 44.2 Å². The van der Waals surface area contributed by atoms with Crippen molar-refractivity contribution in [2.45, 2.75) is 38.6 Å². The van der Waals surface area contributed by atoms with E-state index in [1.807, 2.05) is 25.1 Å². The number of pyridine rings is 1. The van der Waals surface area contributed by atoms with Gasteiger partial charge in [0.1, 0.15) is 0 Å². The second-order valence-corrected chi connectivity index (χ2v) is 8.33. The van der Waals surface area contributed by atoms with E-state index in [2.05, 4.69) is 36.3 Å². The SMILES string of the molecule is CC(CC(C)(C)c1ccccc1)NC(=O)N1CCN(C(=O)c2cccnc2)CC1. The lowest BCUT2D eigenvalue weighted by Gasteiger charge is -2.36. The highest BCUT2D eigenvalue weighted by molar-refractivity contribution is 5.94. The maximum Gasteiger partial charge on any atom is 0.317 e. The van der Waals surface area contributed by atoms with Gasteiger partial charge in [-0.05, 0) is 36.5 Å². The molecule has 1 unspecified atom stereocenters. The predicted molar refractivity (Wildman–Crippen MR) is 114 cm³/mol. The topological polar surface area (TPSA) is 65.5 Å². The first kappa shape index (κ1) is 20.8.